The van der Waals surface area contributed by atoms with Crippen molar-refractivity contribution in [3.05, 3.63) is 35.7 Å². The fourth-order valence-corrected chi connectivity index (χ4v) is 2.06. The fourth-order valence-electron chi connectivity index (χ4n) is 1.43. The maximum Gasteiger partial charge on any atom is 0.307 e. The van der Waals surface area contributed by atoms with Gasteiger partial charge in [-0.15, -0.1) is 0 Å². The highest BCUT2D eigenvalue weighted by Crippen LogP contribution is 2.26. The van der Waals surface area contributed by atoms with E-state index in [9.17, 15) is 4.79 Å². The molecular formula is C12H12N2O3S. The van der Waals surface area contributed by atoms with E-state index in [1.165, 1.54) is 11.5 Å². The first kappa shape index (κ1) is 12.5. The Hall–Kier alpha value is -1.95. The standard InChI is InChI=1S/C12H12N2O3S/c1-2-10-13-12(18-14-10)17-9-6-4-3-5-8(9)7-11(15)16/h3-6H,2,7H2,1H3,(H,15,16). The Kier molecular flexibility index (Phi) is 3.88. The number of nitrogens with zero attached hydrogens (tertiary/aromatic N) is 2. The molecule has 0 atom stereocenters. The summed E-state index contributed by atoms with van der Waals surface area (Å²) in [6.07, 6.45) is 0.673. The number of aliphatic carboxylic acids is 1. The molecule has 18 heavy (non-hydrogen) atoms. The van der Waals surface area contributed by atoms with Gasteiger partial charge in [0.1, 0.15) is 11.6 Å². The number of rotatable bonds is 5. The summed E-state index contributed by atoms with van der Waals surface area (Å²) in [4.78, 5) is 14.9. The Morgan fingerprint density at radius 2 is 2.22 bits per heavy atom. The predicted octanol–water partition coefficient (Wildman–Crippen LogP) is 2.52. The molecule has 0 saturated carbocycles. The lowest BCUT2D eigenvalue weighted by molar-refractivity contribution is -0.136. The van der Waals surface area contributed by atoms with Crippen LogP contribution in [0.2, 0.25) is 0 Å². The molecule has 0 radical (unpaired) electrons. The topological polar surface area (TPSA) is 72.3 Å². The summed E-state index contributed by atoms with van der Waals surface area (Å²) in [6.45, 7) is 1.96. The number of para-hydroxylation sites is 1. The van der Waals surface area contributed by atoms with E-state index in [4.69, 9.17) is 9.84 Å². The number of aromatic nitrogens is 2. The smallest absolute Gasteiger partial charge is 0.307 e. The Balaban J connectivity index is 2.20. The minimum absolute atomic E-state index is 0.0738. The van der Waals surface area contributed by atoms with Crippen LogP contribution >= 0.6 is 11.5 Å². The van der Waals surface area contributed by atoms with Gasteiger partial charge in [-0.2, -0.15) is 9.36 Å². The average Bonchev–Trinajstić information content (AvgIpc) is 2.79. The number of carbonyl (C=O) groups is 1. The van der Waals surface area contributed by atoms with E-state index in [0.717, 1.165) is 12.2 Å². The first-order chi connectivity index (χ1) is 8.69. The van der Waals surface area contributed by atoms with Gasteiger partial charge in [-0.05, 0) is 6.07 Å². The number of ether oxygens (including phenoxy) is 1. The Morgan fingerprint density at radius 1 is 1.44 bits per heavy atom. The highest BCUT2D eigenvalue weighted by Gasteiger charge is 2.10. The van der Waals surface area contributed by atoms with Crippen LogP contribution in [0.15, 0.2) is 24.3 Å². The molecule has 0 aliphatic heterocycles. The van der Waals surface area contributed by atoms with E-state index in [-0.39, 0.29) is 6.42 Å². The maximum atomic E-state index is 10.7. The molecular weight excluding hydrogens is 252 g/mol. The summed E-state index contributed by atoms with van der Waals surface area (Å²) in [7, 11) is 0. The van der Waals surface area contributed by atoms with Crippen molar-refractivity contribution in [3.8, 4) is 10.9 Å². The molecule has 0 fully saturated rings. The second-order valence-electron chi connectivity index (χ2n) is 3.61. The summed E-state index contributed by atoms with van der Waals surface area (Å²) >= 11 is 1.17. The number of hydrogen-bond acceptors (Lipinski definition) is 5. The first-order valence-electron chi connectivity index (χ1n) is 5.49. The molecule has 0 amide bonds. The minimum atomic E-state index is -0.891. The van der Waals surface area contributed by atoms with Crippen molar-refractivity contribution in [3.63, 3.8) is 0 Å². The van der Waals surface area contributed by atoms with Gasteiger partial charge in [-0.1, -0.05) is 25.1 Å². The van der Waals surface area contributed by atoms with E-state index >= 15 is 0 Å². The summed E-state index contributed by atoms with van der Waals surface area (Å²) in [5, 5.41) is 9.25. The molecule has 0 aliphatic rings. The third-order valence-electron chi connectivity index (χ3n) is 2.28. The fraction of sp³-hybridized carbons (Fsp3) is 0.250. The zero-order chi connectivity index (χ0) is 13.0. The molecule has 1 heterocycles. The monoisotopic (exact) mass is 264 g/mol. The second kappa shape index (κ2) is 5.59. The molecule has 1 N–H and O–H groups in total. The second-order valence-corrected chi connectivity index (χ2v) is 4.32. The lowest BCUT2D eigenvalue weighted by Crippen LogP contribution is -2.01. The molecule has 0 aliphatic carbocycles. The normalized spacial score (nSPS) is 10.3. The van der Waals surface area contributed by atoms with Gasteiger partial charge in [-0.3, -0.25) is 4.79 Å². The van der Waals surface area contributed by atoms with Crippen molar-refractivity contribution in [1.82, 2.24) is 9.36 Å². The molecule has 5 nitrogen and oxygen atoms in total. The maximum absolute atomic E-state index is 10.7. The average molecular weight is 264 g/mol. The van der Waals surface area contributed by atoms with Crippen molar-refractivity contribution in [2.75, 3.05) is 0 Å². The first-order valence-corrected chi connectivity index (χ1v) is 6.26. The Bertz CT molecular complexity index is 554. The molecule has 0 unspecified atom stereocenters. The van der Waals surface area contributed by atoms with E-state index in [0.29, 0.717) is 16.5 Å². The van der Waals surface area contributed by atoms with Gasteiger partial charge in [0.05, 0.1) is 6.42 Å². The van der Waals surface area contributed by atoms with Crippen LogP contribution in [-0.4, -0.2) is 20.4 Å². The van der Waals surface area contributed by atoms with E-state index < -0.39 is 5.97 Å². The quantitative estimate of drug-likeness (QED) is 0.898. The lowest BCUT2D eigenvalue weighted by atomic mass is 10.1. The van der Waals surface area contributed by atoms with Gasteiger partial charge in [0.15, 0.2) is 0 Å². The third kappa shape index (κ3) is 3.04. The molecule has 1 aromatic heterocycles. The van der Waals surface area contributed by atoms with Gasteiger partial charge in [0, 0.05) is 23.5 Å². The number of benzene rings is 1. The summed E-state index contributed by atoms with van der Waals surface area (Å²) < 4.78 is 9.69. The molecule has 1 aromatic carbocycles. The zero-order valence-corrected chi connectivity index (χ0v) is 10.6. The van der Waals surface area contributed by atoms with Crippen molar-refractivity contribution in [2.45, 2.75) is 19.8 Å². The molecule has 6 heteroatoms. The van der Waals surface area contributed by atoms with Crippen LogP contribution < -0.4 is 4.74 Å². The van der Waals surface area contributed by atoms with Crippen molar-refractivity contribution in [2.24, 2.45) is 0 Å². The predicted molar refractivity (Wildman–Crippen MR) is 67.1 cm³/mol. The highest BCUT2D eigenvalue weighted by molar-refractivity contribution is 7.07. The number of carboxylic acid groups (broad SMARTS) is 1. The van der Waals surface area contributed by atoms with Gasteiger partial charge in [0.2, 0.25) is 0 Å². The van der Waals surface area contributed by atoms with E-state index in [1.54, 1.807) is 24.3 Å². The van der Waals surface area contributed by atoms with Crippen LogP contribution in [0, 0.1) is 0 Å². The molecule has 2 rings (SSSR count). The van der Waals surface area contributed by atoms with Gasteiger partial charge < -0.3 is 9.84 Å². The van der Waals surface area contributed by atoms with Crippen LogP contribution in [0.1, 0.15) is 18.3 Å². The van der Waals surface area contributed by atoms with E-state index in [1.807, 2.05) is 6.92 Å². The van der Waals surface area contributed by atoms with Gasteiger partial charge in [0.25, 0.3) is 5.19 Å². The molecule has 2 aromatic rings. The minimum Gasteiger partial charge on any atom is -0.481 e. The van der Waals surface area contributed by atoms with Crippen molar-refractivity contribution in [1.29, 1.82) is 0 Å². The summed E-state index contributed by atoms with van der Waals surface area (Å²) in [6, 6.07) is 7.03. The molecule has 94 valence electrons. The zero-order valence-electron chi connectivity index (χ0n) is 9.79. The summed E-state index contributed by atoms with van der Waals surface area (Å²) in [5.41, 5.74) is 0.623. The Labute approximate surface area is 108 Å². The number of carboxylic acids is 1. The number of aryl methyl sites for hydroxylation is 1. The molecule has 0 bridgehead atoms. The van der Waals surface area contributed by atoms with Crippen molar-refractivity contribution < 1.29 is 14.6 Å². The Morgan fingerprint density at radius 3 is 2.89 bits per heavy atom. The van der Waals surface area contributed by atoms with Crippen LogP contribution in [0.3, 0.4) is 0 Å². The third-order valence-corrected chi connectivity index (χ3v) is 2.91. The molecule has 0 spiro atoms. The largest absolute Gasteiger partial charge is 0.481 e. The molecule has 0 saturated heterocycles. The van der Waals surface area contributed by atoms with Crippen LogP contribution in [0.4, 0.5) is 0 Å². The van der Waals surface area contributed by atoms with Crippen LogP contribution in [-0.2, 0) is 17.6 Å². The van der Waals surface area contributed by atoms with Crippen LogP contribution in [0.5, 0.6) is 10.9 Å². The SMILES string of the molecule is CCc1nsc(Oc2ccccc2CC(=O)O)n1. The lowest BCUT2D eigenvalue weighted by Gasteiger charge is -2.06. The van der Waals surface area contributed by atoms with Crippen LogP contribution in [0.25, 0.3) is 0 Å². The summed E-state index contributed by atoms with van der Waals surface area (Å²) in [5.74, 6) is 0.349. The van der Waals surface area contributed by atoms with Crippen molar-refractivity contribution >= 4 is 17.5 Å². The van der Waals surface area contributed by atoms with Gasteiger partial charge in [-0.25, -0.2) is 0 Å². The number of hydrogen-bond donors (Lipinski definition) is 1. The highest BCUT2D eigenvalue weighted by atomic mass is 32.1. The van der Waals surface area contributed by atoms with Gasteiger partial charge >= 0.3 is 5.97 Å². The van der Waals surface area contributed by atoms with E-state index in [2.05, 4.69) is 9.36 Å².